The van der Waals surface area contributed by atoms with Crippen LogP contribution in [-0.2, 0) is 14.8 Å². The largest absolute Gasteiger partial charge is 0.443 e. The van der Waals surface area contributed by atoms with Crippen molar-refractivity contribution in [1.29, 1.82) is 0 Å². The molecule has 0 unspecified atom stereocenters. The number of sulfonamides is 1. The zero-order valence-corrected chi connectivity index (χ0v) is 21.7. The van der Waals surface area contributed by atoms with Crippen molar-refractivity contribution in [2.24, 2.45) is 5.14 Å². The highest BCUT2D eigenvalue weighted by Gasteiger charge is 2.32. The van der Waals surface area contributed by atoms with Gasteiger partial charge in [0.15, 0.2) is 0 Å². The van der Waals surface area contributed by atoms with Gasteiger partial charge in [-0.15, -0.1) is 0 Å². The summed E-state index contributed by atoms with van der Waals surface area (Å²) in [5, 5.41) is 7.17. The molecule has 1 fully saturated rings. The van der Waals surface area contributed by atoms with Gasteiger partial charge in [-0.05, 0) is 69.4 Å². The van der Waals surface area contributed by atoms with Gasteiger partial charge in [0.05, 0.1) is 16.1 Å². The van der Waals surface area contributed by atoms with Crippen LogP contribution in [0, 0.1) is 0 Å². The van der Waals surface area contributed by atoms with Gasteiger partial charge in [0.1, 0.15) is 5.60 Å². The quantitative estimate of drug-likeness (QED) is 0.397. The summed E-state index contributed by atoms with van der Waals surface area (Å²) in [7, 11) is -4.19. The van der Waals surface area contributed by atoms with Crippen molar-refractivity contribution in [2.75, 3.05) is 0 Å². The number of primary sulfonamides is 1. The van der Waals surface area contributed by atoms with Gasteiger partial charge in [0, 0.05) is 21.0 Å². The number of aromatic nitrogens is 1. The molecule has 0 amide bonds. The van der Waals surface area contributed by atoms with Crippen molar-refractivity contribution in [1.82, 2.24) is 4.57 Å². The predicted molar refractivity (Wildman–Crippen MR) is 136 cm³/mol. The van der Waals surface area contributed by atoms with Crippen molar-refractivity contribution in [3.8, 4) is 11.3 Å². The molecule has 0 spiro atoms. The Labute approximate surface area is 210 Å². The lowest BCUT2D eigenvalue weighted by Gasteiger charge is -2.26. The summed E-state index contributed by atoms with van der Waals surface area (Å²) in [4.78, 5) is 13.3. The third-order valence-electron chi connectivity index (χ3n) is 6.09. The number of fused-ring (bicyclic) bond motifs is 1. The van der Waals surface area contributed by atoms with E-state index in [2.05, 4.69) is 0 Å². The van der Waals surface area contributed by atoms with Crippen molar-refractivity contribution in [3.05, 3.63) is 52.0 Å². The molecule has 1 aromatic heterocycles. The molecule has 2 N–H and O–H groups in total. The van der Waals surface area contributed by atoms with Crippen molar-refractivity contribution >= 4 is 50.2 Å². The highest BCUT2D eigenvalue weighted by Crippen LogP contribution is 2.44. The molecule has 1 saturated carbocycles. The van der Waals surface area contributed by atoms with E-state index in [1.807, 2.05) is 0 Å². The smallest absolute Gasteiger partial charge is 0.419 e. The molecule has 1 aliphatic rings. The number of hydrogen-bond donors (Lipinski definition) is 1. The van der Waals surface area contributed by atoms with Gasteiger partial charge < -0.3 is 4.74 Å². The number of nitrogens with two attached hydrogens (primary N) is 1. The average molecular weight is 523 g/mol. The summed E-state index contributed by atoms with van der Waals surface area (Å²) in [5.74, 6) is -0.0301. The summed E-state index contributed by atoms with van der Waals surface area (Å²) in [6, 6.07) is 10.1. The molecule has 0 bridgehead atoms. The van der Waals surface area contributed by atoms with E-state index in [0.29, 0.717) is 37.8 Å². The number of nitrogens with zero attached hydrogens (tertiary/aromatic N) is 1. The van der Waals surface area contributed by atoms with Crippen molar-refractivity contribution in [2.45, 2.75) is 69.3 Å². The standard InChI is InChI=1S/C25H28Cl2N2O4S/c1-25(2,3)33-24(30)29-20-11-7-10-18(26)17(20)14-21(29)16-12-13-19(27)22(23(16)34(28,31)32)15-8-5-4-6-9-15/h7,10-15H,4-6,8-9H2,1-3H3,(H2,28,31,32). The van der Waals surface area contributed by atoms with E-state index in [9.17, 15) is 13.2 Å². The first-order valence-corrected chi connectivity index (χ1v) is 13.6. The van der Waals surface area contributed by atoms with E-state index in [1.54, 1.807) is 57.2 Å². The number of rotatable bonds is 3. The summed E-state index contributed by atoms with van der Waals surface area (Å²) < 4.78 is 33.0. The predicted octanol–water partition coefficient (Wildman–Crippen LogP) is 7.09. The van der Waals surface area contributed by atoms with Crippen molar-refractivity contribution in [3.63, 3.8) is 0 Å². The third-order valence-corrected chi connectivity index (χ3v) is 7.75. The summed E-state index contributed by atoms with van der Waals surface area (Å²) in [5.41, 5.74) is 0.889. The summed E-state index contributed by atoms with van der Waals surface area (Å²) in [6.07, 6.45) is 4.09. The van der Waals surface area contributed by atoms with Gasteiger partial charge in [-0.2, -0.15) is 0 Å². The first kappa shape index (κ1) is 25.0. The van der Waals surface area contributed by atoms with E-state index < -0.39 is 21.7 Å². The molecule has 34 heavy (non-hydrogen) atoms. The SMILES string of the molecule is CC(C)(C)OC(=O)n1c(-c2ccc(Cl)c(C3CCCCC3)c2S(N)(=O)=O)cc2c(Cl)cccc21. The first-order valence-electron chi connectivity index (χ1n) is 11.3. The van der Waals surface area contributed by atoms with Crippen LogP contribution in [0.4, 0.5) is 4.79 Å². The Kier molecular flexibility index (Phi) is 6.77. The Morgan fingerprint density at radius 3 is 2.35 bits per heavy atom. The molecule has 0 aliphatic heterocycles. The molecule has 4 rings (SSSR count). The molecule has 1 aliphatic carbocycles. The Morgan fingerprint density at radius 2 is 1.74 bits per heavy atom. The van der Waals surface area contributed by atoms with E-state index >= 15 is 0 Å². The maximum Gasteiger partial charge on any atom is 0.419 e. The Hall–Kier alpha value is -2.06. The van der Waals surface area contributed by atoms with Crippen LogP contribution in [0.2, 0.25) is 10.0 Å². The van der Waals surface area contributed by atoms with Crippen molar-refractivity contribution < 1.29 is 17.9 Å². The topological polar surface area (TPSA) is 91.4 Å². The second-order valence-electron chi connectivity index (χ2n) is 9.74. The molecule has 2 aromatic carbocycles. The molecule has 3 aromatic rings. The highest BCUT2D eigenvalue weighted by molar-refractivity contribution is 7.89. The van der Waals surface area contributed by atoms with Crippen LogP contribution in [0.25, 0.3) is 22.2 Å². The number of carbonyl (C=O) groups is 1. The van der Waals surface area contributed by atoms with Crippen LogP contribution in [0.15, 0.2) is 41.3 Å². The van der Waals surface area contributed by atoms with E-state index in [0.717, 1.165) is 32.1 Å². The lowest BCUT2D eigenvalue weighted by Crippen LogP contribution is -2.27. The van der Waals surface area contributed by atoms with E-state index in [1.165, 1.54) is 4.57 Å². The van der Waals surface area contributed by atoms with Gasteiger partial charge in [-0.1, -0.05) is 54.6 Å². The normalized spacial score (nSPS) is 15.6. The number of benzene rings is 2. The molecule has 182 valence electrons. The number of hydrogen-bond acceptors (Lipinski definition) is 4. The van der Waals surface area contributed by atoms with Crippen LogP contribution in [0.3, 0.4) is 0 Å². The molecule has 6 nitrogen and oxygen atoms in total. The lowest BCUT2D eigenvalue weighted by atomic mass is 9.83. The highest BCUT2D eigenvalue weighted by atomic mass is 35.5. The first-order chi connectivity index (χ1) is 15.9. The Bertz CT molecular complexity index is 1370. The van der Waals surface area contributed by atoms with Crippen LogP contribution in [-0.4, -0.2) is 24.7 Å². The van der Waals surface area contributed by atoms with Gasteiger partial charge in [-0.25, -0.2) is 22.9 Å². The summed E-state index contributed by atoms with van der Waals surface area (Å²) in [6.45, 7) is 5.30. The van der Waals surface area contributed by atoms with E-state index in [4.69, 9.17) is 33.1 Å². The lowest BCUT2D eigenvalue weighted by molar-refractivity contribution is 0.0547. The number of ether oxygens (including phenoxy) is 1. The van der Waals surface area contributed by atoms with Crippen LogP contribution >= 0.6 is 23.2 Å². The summed E-state index contributed by atoms with van der Waals surface area (Å²) >= 11 is 13.0. The molecular weight excluding hydrogens is 495 g/mol. The Morgan fingerprint density at radius 1 is 1.06 bits per heavy atom. The molecule has 0 saturated heterocycles. The van der Waals surface area contributed by atoms with E-state index in [-0.39, 0.29) is 10.8 Å². The minimum absolute atomic E-state index is 0.0301. The minimum Gasteiger partial charge on any atom is -0.443 e. The number of halogens is 2. The zero-order chi connectivity index (χ0) is 24.8. The fourth-order valence-corrected chi connectivity index (χ4v) is 6.41. The minimum atomic E-state index is -4.19. The van der Waals surface area contributed by atoms with Crippen LogP contribution < -0.4 is 5.14 Å². The number of carbonyl (C=O) groups excluding carboxylic acids is 1. The molecule has 9 heteroatoms. The fraction of sp³-hybridized carbons (Fsp3) is 0.400. The second kappa shape index (κ2) is 9.19. The second-order valence-corrected chi connectivity index (χ2v) is 12.0. The molecule has 1 heterocycles. The van der Waals surface area contributed by atoms with Gasteiger partial charge in [0.2, 0.25) is 10.0 Å². The van der Waals surface area contributed by atoms with Gasteiger partial charge in [0.25, 0.3) is 0 Å². The van der Waals surface area contributed by atoms with Crippen LogP contribution in [0.1, 0.15) is 64.4 Å². The average Bonchev–Trinajstić information content (AvgIpc) is 3.13. The molecule has 0 radical (unpaired) electrons. The Balaban J connectivity index is 2.06. The molecule has 0 atom stereocenters. The monoisotopic (exact) mass is 522 g/mol. The van der Waals surface area contributed by atoms with Gasteiger partial charge >= 0.3 is 6.09 Å². The molecular formula is C25H28Cl2N2O4S. The fourth-order valence-electron chi connectivity index (χ4n) is 4.75. The third kappa shape index (κ3) is 4.85. The zero-order valence-electron chi connectivity index (χ0n) is 19.4. The van der Waals surface area contributed by atoms with Crippen LogP contribution in [0.5, 0.6) is 0 Å². The maximum atomic E-state index is 13.3. The van der Waals surface area contributed by atoms with Gasteiger partial charge in [-0.3, -0.25) is 0 Å². The maximum absolute atomic E-state index is 13.3.